The third kappa shape index (κ3) is 3.02. The van der Waals surface area contributed by atoms with Crippen molar-refractivity contribution in [2.75, 3.05) is 5.32 Å². The van der Waals surface area contributed by atoms with E-state index < -0.39 is 0 Å². The van der Waals surface area contributed by atoms with Crippen molar-refractivity contribution in [3.8, 4) is 11.4 Å². The van der Waals surface area contributed by atoms with Crippen LogP contribution in [0.25, 0.3) is 22.3 Å². The third-order valence-corrected chi connectivity index (χ3v) is 4.65. The number of para-hydroxylation sites is 1. The molecule has 0 aliphatic heterocycles. The van der Waals surface area contributed by atoms with Crippen LogP contribution in [0.2, 0.25) is 5.02 Å². The van der Waals surface area contributed by atoms with E-state index in [0.29, 0.717) is 6.04 Å². The van der Waals surface area contributed by atoms with Gasteiger partial charge in [-0.1, -0.05) is 36.6 Å². The summed E-state index contributed by atoms with van der Waals surface area (Å²) in [4.78, 5) is 9.52. The standard InChI is InChI=1S/C19H18ClN3/c20-14-11-9-13(10-12-14)18-22-17-8-4-3-7-16(17)19(23-18)21-15-5-1-2-6-15/h3-4,7-12,15H,1-2,5-6H2,(H,21,22,23). The van der Waals surface area contributed by atoms with Gasteiger partial charge >= 0.3 is 0 Å². The molecule has 1 N–H and O–H groups in total. The van der Waals surface area contributed by atoms with E-state index in [1.807, 2.05) is 42.5 Å². The van der Waals surface area contributed by atoms with Gasteiger partial charge in [0.15, 0.2) is 5.82 Å². The van der Waals surface area contributed by atoms with Crippen LogP contribution < -0.4 is 5.32 Å². The molecule has 0 unspecified atom stereocenters. The molecule has 1 heterocycles. The SMILES string of the molecule is Clc1ccc(-c2nc(NC3CCCC3)c3ccccc3n2)cc1. The number of hydrogen-bond acceptors (Lipinski definition) is 3. The highest BCUT2D eigenvalue weighted by molar-refractivity contribution is 6.30. The molecule has 0 atom stereocenters. The van der Waals surface area contributed by atoms with Crippen LogP contribution in [-0.2, 0) is 0 Å². The van der Waals surface area contributed by atoms with Crippen LogP contribution in [0.15, 0.2) is 48.5 Å². The minimum absolute atomic E-state index is 0.520. The fourth-order valence-corrected chi connectivity index (χ4v) is 3.30. The quantitative estimate of drug-likeness (QED) is 0.710. The van der Waals surface area contributed by atoms with Gasteiger partial charge in [-0.15, -0.1) is 0 Å². The topological polar surface area (TPSA) is 37.8 Å². The molecule has 0 radical (unpaired) electrons. The normalized spacial score (nSPS) is 15.2. The average Bonchev–Trinajstić information content (AvgIpc) is 3.08. The first-order valence-electron chi connectivity index (χ1n) is 8.09. The predicted octanol–water partition coefficient (Wildman–Crippen LogP) is 5.30. The lowest BCUT2D eigenvalue weighted by atomic mass is 10.1. The zero-order valence-electron chi connectivity index (χ0n) is 12.8. The summed E-state index contributed by atoms with van der Waals surface area (Å²) in [6.45, 7) is 0. The van der Waals surface area contributed by atoms with Crippen molar-refractivity contribution in [1.29, 1.82) is 0 Å². The fraction of sp³-hybridized carbons (Fsp3) is 0.263. The van der Waals surface area contributed by atoms with Gasteiger partial charge in [0, 0.05) is 22.0 Å². The Hall–Kier alpha value is -2.13. The van der Waals surface area contributed by atoms with Crippen LogP contribution in [0, 0.1) is 0 Å². The van der Waals surface area contributed by atoms with Gasteiger partial charge in [-0.05, 0) is 49.2 Å². The zero-order valence-corrected chi connectivity index (χ0v) is 13.6. The second-order valence-corrected chi connectivity index (χ2v) is 6.48. The van der Waals surface area contributed by atoms with E-state index in [-0.39, 0.29) is 0 Å². The maximum absolute atomic E-state index is 5.99. The summed E-state index contributed by atoms with van der Waals surface area (Å²) in [5.41, 5.74) is 1.95. The third-order valence-electron chi connectivity index (χ3n) is 4.40. The molecule has 1 saturated carbocycles. The van der Waals surface area contributed by atoms with Crippen LogP contribution >= 0.6 is 11.6 Å². The number of rotatable bonds is 3. The van der Waals surface area contributed by atoms with Crippen molar-refractivity contribution in [2.45, 2.75) is 31.7 Å². The lowest BCUT2D eigenvalue weighted by molar-refractivity contribution is 0.752. The van der Waals surface area contributed by atoms with Gasteiger partial charge in [-0.2, -0.15) is 0 Å². The Morgan fingerprint density at radius 1 is 0.913 bits per heavy atom. The molecule has 4 heteroatoms. The van der Waals surface area contributed by atoms with Gasteiger partial charge in [0.2, 0.25) is 0 Å². The van der Waals surface area contributed by atoms with Gasteiger partial charge in [-0.3, -0.25) is 0 Å². The number of nitrogens with one attached hydrogen (secondary N) is 1. The molecule has 116 valence electrons. The molecule has 0 spiro atoms. The fourth-order valence-electron chi connectivity index (χ4n) is 3.18. The smallest absolute Gasteiger partial charge is 0.162 e. The van der Waals surface area contributed by atoms with Crippen molar-refractivity contribution < 1.29 is 0 Å². The van der Waals surface area contributed by atoms with Crippen molar-refractivity contribution in [3.63, 3.8) is 0 Å². The molecule has 1 aliphatic carbocycles. The molecule has 23 heavy (non-hydrogen) atoms. The first-order valence-corrected chi connectivity index (χ1v) is 8.47. The van der Waals surface area contributed by atoms with Crippen LogP contribution in [0.1, 0.15) is 25.7 Å². The first-order chi connectivity index (χ1) is 11.3. The summed E-state index contributed by atoms with van der Waals surface area (Å²) in [6, 6.07) is 16.4. The zero-order chi connectivity index (χ0) is 15.6. The second kappa shape index (κ2) is 6.17. The minimum atomic E-state index is 0.520. The summed E-state index contributed by atoms with van der Waals surface area (Å²) >= 11 is 5.99. The number of hydrogen-bond donors (Lipinski definition) is 1. The minimum Gasteiger partial charge on any atom is -0.367 e. The molecule has 4 rings (SSSR count). The summed E-state index contributed by atoms with van der Waals surface area (Å²) < 4.78 is 0. The molecule has 2 aromatic carbocycles. The monoisotopic (exact) mass is 323 g/mol. The molecule has 1 aliphatic rings. The van der Waals surface area contributed by atoms with Crippen LogP contribution in [0.4, 0.5) is 5.82 Å². The van der Waals surface area contributed by atoms with Gasteiger partial charge < -0.3 is 5.32 Å². The van der Waals surface area contributed by atoms with E-state index in [9.17, 15) is 0 Å². The van der Waals surface area contributed by atoms with Crippen LogP contribution in [0.5, 0.6) is 0 Å². The Balaban J connectivity index is 1.80. The average molecular weight is 324 g/mol. The number of benzene rings is 2. The molecule has 3 aromatic rings. The van der Waals surface area contributed by atoms with E-state index in [0.717, 1.165) is 33.1 Å². The molecule has 1 aromatic heterocycles. The summed E-state index contributed by atoms with van der Waals surface area (Å²) in [6.07, 6.45) is 5.03. The van der Waals surface area contributed by atoms with E-state index in [1.54, 1.807) is 0 Å². The van der Waals surface area contributed by atoms with E-state index in [2.05, 4.69) is 11.4 Å². The molecule has 0 saturated heterocycles. The Bertz CT molecular complexity index is 824. The lowest BCUT2D eigenvalue weighted by Crippen LogP contribution is -2.16. The maximum atomic E-state index is 5.99. The summed E-state index contributed by atoms with van der Waals surface area (Å²) in [5, 5.41) is 5.43. The van der Waals surface area contributed by atoms with Gasteiger partial charge in [0.25, 0.3) is 0 Å². The van der Waals surface area contributed by atoms with E-state index in [4.69, 9.17) is 21.6 Å². The van der Waals surface area contributed by atoms with Gasteiger partial charge in [0.05, 0.1) is 5.52 Å². The molecular formula is C19H18ClN3. The van der Waals surface area contributed by atoms with E-state index in [1.165, 1.54) is 25.7 Å². The Labute approximate surface area is 140 Å². The maximum Gasteiger partial charge on any atom is 0.162 e. The lowest BCUT2D eigenvalue weighted by Gasteiger charge is -2.15. The second-order valence-electron chi connectivity index (χ2n) is 6.05. The number of halogens is 1. The van der Waals surface area contributed by atoms with Crippen molar-refractivity contribution >= 4 is 28.3 Å². The van der Waals surface area contributed by atoms with Crippen molar-refractivity contribution in [1.82, 2.24) is 9.97 Å². The predicted molar refractivity (Wildman–Crippen MR) is 95.9 cm³/mol. The molecule has 3 nitrogen and oxygen atoms in total. The van der Waals surface area contributed by atoms with Crippen molar-refractivity contribution in [3.05, 3.63) is 53.6 Å². The Morgan fingerprint density at radius 2 is 1.65 bits per heavy atom. The van der Waals surface area contributed by atoms with Gasteiger partial charge in [-0.25, -0.2) is 9.97 Å². The highest BCUT2D eigenvalue weighted by Gasteiger charge is 2.17. The highest BCUT2D eigenvalue weighted by Crippen LogP contribution is 2.28. The number of nitrogens with zero attached hydrogens (tertiary/aromatic N) is 2. The van der Waals surface area contributed by atoms with Gasteiger partial charge in [0.1, 0.15) is 5.82 Å². The van der Waals surface area contributed by atoms with E-state index >= 15 is 0 Å². The highest BCUT2D eigenvalue weighted by atomic mass is 35.5. The Morgan fingerprint density at radius 3 is 2.43 bits per heavy atom. The van der Waals surface area contributed by atoms with Crippen LogP contribution in [-0.4, -0.2) is 16.0 Å². The molecule has 1 fully saturated rings. The Kier molecular flexibility index (Phi) is 3.88. The number of fused-ring (bicyclic) bond motifs is 1. The summed E-state index contributed by atoms with van der Waals surface area (Å²) in [7, 11) is 0. The number of aromatic nitrogens is 2. The molecule has 0 amide bonds. The van der Waals surface area contributed by atoms with Crippen LogP contribution in [0.3, 0.4) is 0 Å². The largest absolute Gasteiger partial charge is 0.367 e. The van der Waals surface area contributed by atoms with Crippen molar-refractivity contribution in [2.24, 2.45) is 0 Å². The molecular weight excluding hydrogens is 306 g/mol. The first kappa shape index (κ1) is 14.5. The number of anilines is 1. The summed E-state index contributed by atoms with van der Waals surface area (Å²) in [5.74, 6) is 1.67. The molecule has 0 bridgehead atoms.